The maximum atomic E-state index is 5.82. The summed E-state index contributed by atoms with van der Waals surface area (Å²) < 4.78 is 2.18. The van der Waals surface area contributed by atoms with Crippen LogP contribution in [0.4, 0.5) is 5.82 Å². The normalized spacial score (nSPS) is 19.6. The number of hydrogen-bond donors (Lipinski definition) is 1. The lowest BCUT2D eigenvalue weighted by Crippen LogP contribution is -2.45. The molecular formula is C16H25N5. The topological polar surface area (TPSA) is 49.8 Å². The summed E-state index contributed by atoms with van der Waals surface area (Å²) >= 11 is 0. The molecule has 1 unspecified atom stereocenters. The molecule has 0 amide bonds. The van der Waals surface area contributed by atoms with E-state index < -0.39 is 0 Å². The number of fused-ring (bicyclic) bond motifs is 1. The lowest BCUT2D eigenvalue weighted by atomic mass is 10.0. The Bertz CT molecular complexity index is 604. The van der Waals surface area contributed by atoms with Gasteiger partial charge < -0.3 is 19.9 Å². The molecule has 5 heteroatoms. The van der Waals surface area contributed by atoms with Crippen molar-refractivity contribution >= 4 is 11.5 Å². The Morgan fingerprint density at radius 2 is 2.24 bits per heavy atom. The van der Waals surface area contributed by atoms with Crippen molar-refractivity contribution in [2.45, 2.75) is 25.3 Å². The molecule has 1 aliphatic heterocycles. The zero-order valence-corrected chi connectivity index (χ0v) is 13.0. The number of nitrogens with two attached hydrogens (primary N) is 1. The number of pyridine rings is 1. The molecule has 0 bridgehead atoms. The molecule has 0 aromatic carbocycles. The average molecular weight is 287 g/mol. The van der Waals surface area contributed by atoms with Gasteiger partial charge in [-0.25, -0.2) is 4.98 Å². The number of anilines is 1. The molecule has 1 saturated heterocycles. The van der Waals surface area contributed by atoms with E-state index in [0.717, 1.165) is 31.0 Å². The summed E-state index contributed by atoms with van der Waals surface area (Å²) in [4.78, 5) is 9.62. The van der Waals surface area contributed by atoms with Crippen molar-refractivity contribution in [3.8, 4) is 0 Å². The van der Waals surface area contributed by atoms with Gasteiger partial charge in [0.05, 0.1) is 5.69 Å². The lowest BCUT2D eigenvalue weighted by molar-refractivity contribution is 0.257. The number of hydrogen-bond acceptors (Lipinski definition) is 4. The van der Waals surface area contributed by atoms with Gasteiger partial charge >= 0.3 is 0 Å². The summed E-state index contributed by atoms with van der Waals surface area (Å²) in [6.07, 6.45) is 5.44. The first-order chi connectivity index (χ1) is 10.2. The summed E-state index contributed by atoms with van der Waals surface area (Å²) in [6.45, 7) is 2.79. The summed E-state index contributed by atoms with van der Waals surface area (Å²) in [7, 11) is 4.33. The SMILES string of the molecule is CN(C)C1CCCN(c2nc3ccccn3c2CCN)C1. The van der Waals surface area contributed by atoms with E-state index in [-0.39, 0.29) is 0 Å². The Labute approximate surface area is 126 Å². The van der Waals surface area contributed by atoms with Gasteiger partial charge in [-0.05, 0) is 45.6 Å². The van der Waals surface area contributed by atoms with Crippen molar-refractivity contribution in [1.82, 2.24) is 14.3 Å². The van der Waals surface area contributed by atoms with Crippen LogP contribution in [0.25, 0.3) is 5.65 Å². The maximum Gasteiger partial charge on any atom is 0.151 e. The Hall–Kier alpha value is -1.59. The summed E-state index contributed by atoms with van der Waals surface area (Å²) in [5.41, 5.74) is 8.08. The van der Waals surface area contributed by atoms with Crippen LogP contribution in [0.1, 0.15) is 18.5 Å². The predicted octanol–water partition coefficient (Wildman–Crippen LogP) is 1.37. The number of piperidine rings is 1. The van der Waals surface area contributed by atoms with E-state index in [9.17, 15) is 0 Å². The number of likely N-dealkylation sites (N-methyl/N-ethyl adjacent to an activating group) is 1. The molecular weight excluding hydrogens is 262 g/mol. The summed E-state index contributed by atoms with van der Waals surface area (Å²) in [5.74, 6) is 1.12. The van der Waals surface area contributed by atoms with E-state index in [2.05, 4.69) is 46.6 Å². The minimum absolute atomic E-state index is 0.606. The fourth-order valence-electron chi connectivity index (χ4n) is 3.23. The molecule has 114 valence electrons. The minimum Gasteiger partial charge on any atom is -0.354 e. The van der Waals surface area contributed by atoms with Crippen LogP contribution in [-0.4, -0.2) is 54.1 Å². The third-order valence-corrected chi connectivity index (χ3v) is 4.42. The second-order valence-electron chi connectivity index (χ2n) is 6.06. The molecule has 0 radical (unpaired) electrons. The third-order valence-electron chi connectivity index (χ3n) is 4.42. The molecule has 3 rings (SSSR count). The second-order valence-corrected chi connectivity index (χ2v) is 6.06. The molecule has 2 aromatic rings. The summed E-state index contributed by atoms with van der Waals surface area (Å²) in [6, 6.07) is 6.76. The zero-order chi connectivity index (χ0) is 14.8. The summed E-state index contributed by atoms with van der Waals surface area (Å²) in [5, 5.41) is 0. The van der Waals surface area contributed by atoms with E-state index in [1.807, 2.05) is 6.07 Å². The number of nitrogens with zero attached hydrogens (tertiary/aromatic N) is 4. The molecule has 1 aliphatic rings. The monoisotopic (exact) mass is 287 g/mol. The average Bonchev–Trinajstić information content (AvgIpc) is 2.87. The second kappa shape index (κ2) is 6.03. The number of imidazole rings is 1. The minimum atomic E-state index is 0.606. The number of aromatic nitrogens is 2. The van der Waals surface area contributed by atoms with E-state index in [1.54, 1.807) is 0 Å². The highest BCUT2D eigenvalue weighted by Crippen LogP contribution is 2.26. The highest BCUT2D eigenvalue weighted by atomic mass is 15.3. The van der Waals surface area contributed by atoms with Crippen molar-refractivity contribution in [2.75, 3.05) is 38.6 Å². The molecule has 2 aromatic heterocycles. The highest BCUT2D eigenvalue weighted by molar-refractivity contribution is 5.56. The fourth-order valence-corrected chi connectivity index (χ4v) is 3.23. The first-order valence-corrected chi connectivity index (χ1v) is 7.78. The predicted molar refractivity (Wildman–Crippen MR) is 86.9 cm³/mol. The Morgan fingerprint density at radius 1 is 1.38 bits per heavy atom. The lowest BCUT2D eigenvalue weighted by Gasteiger charge is -2.36. The van der Waals surface area contributed by atoms with Crippen LogP contribution >= 0.6 is 0 Å². The van der Waals surface area contributed by atoms with Crippen LogP contribution in [0, 0.1) is 0 Å². The third kappa shape index (κ3) is 2.76. The molecule has 0 aliphatic carbocycles. The van der Waals surface area contributed by atoms with Crippen LogP contribution in [0.5, 0.6) is 0 Å². The van der Waals surface area contributed by atoms with Gasteiger partial charge in [0.15, 0.2) is 5.82 Å². The molecule has 2 N–H and O–H groups in total. The van der Waals surface area contributed by atoms with Crippen LogP contribution < -0.4 is 10.6 Å². The zero-order valence-electron chi connectivity index (χ0n) is 13.0. The van der Waals surface area contributed by atoms with Crippen molar-refractivity contribution in [2.24, 2.45) is 5.73 Å². The van der Waals surface area contributed by atoms with E-state index in [1.165, 1.54) is 18.5 Å². The smallest absolute Gasteiger partial charge is 0.151 e. The molecule has 5 nitrogen and oxygen atoms in total. The Kier molecular flexibility index (Phi) is 4.12. The molecule has 0 spiro atoms. The van der Waals surface area contributed by atoms with Crippen LogP contribution in [0.2, 0.25) is 0 Å². The van der Waals surface area contributed by atoms with Gasteiger partial charge in [0.1, 0.15) is 5.65 Å². The molecule has 1 fully saturated rings. The van der Waals surface area contributed by atoms with Crippen molar-refractivity contribution in [3.63, 3.8) is 0 Å². The Morgan fingerprint density at radius 3 is 3.00 bits per heavy atom. The van der Waals surface area contributed by atoms with Crippen LogP contribution in [0.3, 0.4) is 0 Å². The van der Waals surface area contributed by atoms with Crippen molar-refractivity contribution in [3.05, 3.63) is 30.1 Å². The number of rotatable bonds is 4. The van der Waals surface area contributed by atoms with E-state index in [0.29, 0.717) is 12.6 Å². The quantitative estimate of drug-likeness (QED) is 0.922. The van der Waals surface area contributed by atoms with Gasteiger partial charge in [0, 0.05) is 31.7 Å². The molecule has 0 saturated carbocycles. The van der Waals surface area contributed by atoms with Crippen molar-refractivity contribution in [1.29, 1.82) is 0 Å². The van der Waals surface area contributed by atoms with Gasteiger partial charge in [-0.1, -0.05) is 6.07 Å². The van der Waals surface area contributed by atoms with Gasteiger partial charge in [0.25, 0.3) is 0 Å². The molecule has 21 heavy (non-hydrogen) atoms. The highest BCUT2D eigenvalue weighted by Gasteiger charge is 2.25. The van der Waals surface area contributed by atoms with Gasteiger partial charge in [-0.2, -0.15) is 0 Å². The Balaban J connectivity index is 1.97. The first-order valence-electron chi connectivity index (χ1n) is 7.78. The largest absolute Gasteiger partial charge is 0.354 e. The van der Waals surface area contributed by atoms with Gasteiger partial charge in [0.2, 0.25) is 0 Å². The van der Waals surface area contributed by atoms with Gasteiger partial charge in [-0.15, -0.1) is 0 Å². The van der Waals surface area contributed by atoms with Crippen LogP contribution in [0.15, 0.2) is 24.4 Å². The fraction of sp³-hybridized carbons (Fsp3) is 0.562. The van der Waals surface area contributed by atoms with Gasteiger partial charge in [-0.3, -0.25) is 0 Å². The van der Waals surface area contributed by atoms with Crippen molar-refractivity contribution < 1.29 is 0 Å². The molecule has 1 atom stereocenters. The first kappa shape index (κ1) is 14.4. The van der Waals surface area contributed by atoms with Crippen LogP contribution in [-0.2, 0) is 6.42 Å². The van der Waals surface area contributed by atoms with E-state index >= 15 is 0 Å². The standard InChI is InChI=1S/C16H25N5/c1-19(2)13-6-5-10-20(12-13)16-14(8-9-17)21-11-4-3-7-15(21)18-16/h3-4,7,11,13H,5-6,8-10,12,17H2,1-2H3. The maximum absolute atomic E-state index is 5.82. The molecule has 3 heterocycles. The van der Waals surface area contributed by atoms with E-state index in [4.69, 9.17) is 10.7 Å².